The fourth-order valence-corrected chi connectivity index (χ4v) is 4.43. The molecular formula is C19H22N6O. The number of phenolic OH excluding ortho intramolecular Hbond substituents is 1. The molecule has 4 heterocycles. The fraction of sp³-hybridized carbons (Fsp3) is 0.421. The predicted molar refractivity (Wildman–Crippen MR) is 100 cm³/mol. The highest BCUT2D eigenvalue weighted by atomic mass is 16.3. The summed E-state index contributed by atoms with van der Waals surface area (Å²) in [5.41, 5.74) is 3.09. The van der Waals surface area contributed by atoms with E-state index in [1.807, 2.05) is 25.2 Å². The molecule has 3 N–H and O–H groups in total. The molecule has 134 valence electrons. The van der Waals surface area contributed by atoms with Gasteiger partial charge in [0, 0.05) is 24.7 Å². The van der Waals surface area contributed by atoms with Gasteiger partial charge in [0.1, 0.15) is 5.75 Å². The number of nitrogens with one attached hydrogen (secondary N) is 2. The lowest BCUT2D eigenvalue weighted by atomic mass is 10.00. The van der Waals surface area contributed by atoms with Crippen molar-refractivity contribution in [3.05, 3.63) is 30.3 Å². The van der Waals surface area contributed by atoms with E-state index < -0.39 is 0 Å². The second-order valence-electron chi connectivity index (χ2n) is 7.29. The van der Waals surface area contributed by atoms with Crippen LogP contribution in [0.4, 0.5) is 5.82 Å². The average molecular weight is 350 g/mol. The Bertz CT molecular complexity index is 956. The van der Waals surface area contributed by atoms with Crippen LogP contribution in [0, 0.1) is 0 Å². The fourth-order valence-electron chi connectivity index (χ4n) is 4.43. The normalized spacial score (nSPS) is 24.9. The lowest BCUT2D eigenvalue weighted by Gasteiger charge is -2.29. The lowest BCUT2D eigenvalue weighted by molar-refractivity contribution is 0.288. The third kappa shape index (κ3) is 2.42. The van der Waals surface area contributed by atoms with Crippen LogP contribution in [0.2, 0.25) is 0 Å². The molecule has 7 nitrogen and oxygen atoms in total. The minimum atomic E-state index is 0.209. The highest BCUT2D eigenvalue weighted by molar-refractivity contribution is 5.88. The van der Waals surface area contributed by atoms with Crippen LogP contribution in [0.5, 0.6) is 5.75 Å². The van der Waals surface area contributed by atoms with Crippen molar-refractivity contribution in [3.63, 3.8) is 0 Å². The zero-order valence-electron chi connectivity index (χ0n) is 14.7. The van der Waals surface area contributed by atoms with Crippen molar-refractivity contribution in [2.24, 2.45) is 0 Å². The van der Waals surface area contributed by atoms with Crippen LogP contribution in [-0.2, 0) is 0 Å². The smallest absolute Gasteiger partial charge is 0.176 e. The van der Waals surface area contributed by atoms with E-state index in [2.05, 4.69) is 25.5 Å². The zero-order chi connectivity index (χ0) is 17.7. The molecule has 5 rings (SSSR count). The number of aromatic nitrogens is 4. The van der Waals surface area contributed by atoms with Gasteiger partial charge in [-0.15, -0.1) is 10.2 Å². The zero-order valence-corrected chi connectivity index (χ0v) is 14.7. The second-order valence-corrected chi connectivity index (χ2v) is 7.29. The van der Waals surface area contributed by atoms with Crippen LogP contribution in [0.3, 0.4) is 0 Å². The number of hydrogen-bond acceptors (Lipinski definition) is 6. The van der Waals surface area contributed by atoms with E-state index in [0.717, 1.165) is 29.7 Å². The van der Waals surface area contributed by atoms with Gasteiger partial charge < -0.3 is 15.7 Å². The molecule has 7 heteroatoms. The van der Waals surface area contributed by atoms with Crippen molar-refractivity contribution >= 4 is 16.9 Å². The summed E-state index contributed by atoms with van der Waals surface area (Å²) in [6, 6.07) is 10.7. The molecule has 0 radical (unpaired) electrons. The van der Waals surface area contributed by atoms with Crippen molar-refractivity contribution in [2.75, 3.05) is 12.4 Å². The number of piperidine rings is 1. The van der Waals surface area contributed by atoms with E-state index in [0.29, 0.717) is 29.4 Å². The molecule has 3 aromatic rings. The molecule has 0 saturated carbocycles. The summed E-state index contributed by atoms with van der Waals surface area (Å²) in [5.74, 6) is 0.961. The van der Waals surface area contributed by atoms with Gasteiger partial charge >= 0.3 is 0 Å². The Hall–Kier alpha value is -2.67. The summed E-state index contributed by atoms with van der Waals surface area (Å²) < 4.78 is 2.12. The quantitative estimate of drug-likeness (QED) is 0.673. The molecule has 0 spiro atoms. The number of rotatable bonds is 3. The first kappa shape index (κ1) is 15.6. The van der Waals surface area contributed by atoms with Gasteiger partial charge in [0.05, 0.1) is 17.3 Å². The number of phenols is 1. The van der Waals surface area contributed by atoms with Crippen molar-refractivity contribution in [1.29, 1.82) is 0 Å². The van der Waals surface area contributed by atoms with Gasteiger partial charge in [0.2, 0.25) is 0 Å². The summed E-state index contributed by atoms with van der Waals surface area (Å²) in [5, 5.41) is 30.5. The van der Waals surface area contributed by atoms with Gasteiger partial charge in [0.25, 0.3) is 0 Å². The SMILES string of the molecule is CNc1nn(C2CC3CCC(C2)N3)c2cc(-c3ccccc3O)nnc12. The first-order chi connectivity index (χ1) is 12.7. The molecule has 0 aliphatic carbocycles. The van der Waals surface area contributed by atoms with Crippen LogP contribution in [0.15, 0.2) is 30.3 Å². The topological polar surface area (TPSA) is 87.9 Å². The van der Waals surface area contributed by atoms with E-state index in [-0.39, 0.29) is 5.75 Å². The maximum Gasteiger partial charge on any atom is 0.176 e. The molecular weight excluding hydrogens is 328 g/mol. The van der Waals surface area contributed by atoms with Crippen LogP contribution in [0.25, 0.3) is 22.3 Å². The molecule has 2 fully saturated rings. The first-order valence-electron chi connectivity index (χ1n) is 9.21. The van der Waals surface area contributed by atoms with Gasteiger partial charge in [0.15, 0.2) is 11.3 Å². The summed E-state index contributed by atoms with van der Waals surface area (Å²) in [4.78, 5) is 0. The lowest BCUT2D eigenvalue weighted by Crippen LogP contribution is -2.39. The first-order valence-corrected chi connectivity index (χ1v) is 9.21. The molecule has 2 bridgehead atoms. The Balaban J connectivity index is 1.63. The number of anilines is 1. The summed E-state index contributed by atoms with van der Waals surface area (Å²) in [6.07, 6.45) is 4.68. The number of nitrogens with zero attached hydrogens (tertiary/aromatic N) is 4. The van der Waals surface area contributed by atoms with E-state index in [1.165, 1.54) is 12.8 Å². The Morgan fingerprint density at radius 2 is 1.92 bits per heavy atom. The Kier molecular flexibility index (Phi) is 3.56. The summed E-state index contributed by atoms with van der Waals surface area (Å²) in [7, 11) is 1.86. The Morgan fingerprint density at radius 3 is 2.65 bits per heavy atom. The summed E-state index contributed by atoms with van der Waals surface area (Å²) >= 11 is 0. The standard InChI is InChI=1S/C19H22N6O/c1-20-19-18-16(10-15(22-23-18)14-4-2-3-5-17(14)26)25(24-19)13-8-11-6-7-12(9-13)21-11/h2-5,10-13,21,26H,6-9H2,1H3,(H,20,24). The molecule has 2 aliphatic rings. The van der Waals surface area contributed by atoms with Crippen LogP contribution in [-0.4, -0.2) is 44.2 Å². The minimum Gasteiger partial charge on any atom is -0.507 e. The molecule has 1 aromatic carbocycles. The number of benzene rings is 1. The highest BCUT2D eigenvalue weighted by Gasteiger charge is 2.35. The van der Waals surface area contributed by atoms with Gasteiger partial charge in [-0.3, -0.25) is 4.68 Å². The van der Waals surface area contributed by atoms with Gasteiger partial charge in [-0.1, -0.05) is 12.1 Å². The van der Waals surface area contributed by atoms with Crippen molar-refractivity contribution in [3.8, 4) is 17.0 Å². The van der Waals surface area contributed by atoms with Gasteiger partial charge in [-0.05, 0) is 43.9 Å². The number of aromatic hydroxyl groups is 1. The third-order valence-electron chi connectivity index (χ3n) is 5.66. The van der Waals surface area contributed by atoms with Crippen molar-refractivity contribution in [2.45, 2.75) is 43.8 Å². The van der Waals surface area contributed by atoms with E-state index >= 15 is 0 Å². The number of hydrogen-bond donors (Lipinski definition) is 3. The molecule has 2 saturated heterocycles. The van der Waals surface area contributed by atoms with Crippen molar-refractivity contribution < 1.29 is 5.11 Å². The maximum absolute atomic E-state index is 10.2. The minimum absolute atomic E-state index is 0.209. The van der Waals surface area contributed by atoms with Gasteiger partial charge in [-0.25, -0.2) is 0 Å². The van der Waals surface area contributed by atoms with Crippen molar-refractivity contribution in [1.82, 2.24) is 25.3 Å². The molecule has 2 aliphatic heterocycles. The van der Waals surface area contributed by atoms with Crippen LogP contribution < -0.4 is 10.6 Å². The highest BCUT2D eigenvalue weighted by Crippen LogP contribution is 2.37. The maximum atomic E-state index is 10.2. The Labute approximate surface area is 151 Å². The average Bonchev–Trinajstić information content (AvgIpc) is 3.21. The van der Waals surface area contributed by atoms with Crippen LogP contribution >= 0.6 is 0 Å². The van der Waals surface area contributed by atoms with E-state index in [4.69, 9.17) is 5.10 Å². The second kappa shape index (κ2) is 5.95. The molecule has 2 unspecified atom stereocenters. The van der Waals surface area contributed by atoms with Crippen LogP contribution in [0.1, 0.15) is 31.7 Å². The monoisotopic (exact) mass is 350 g/mol. The largest absolute Gasteiger partial charge is 0.507 e. The number of fused-ring (bicyclic) bond motifs is 3. The molecule has 26 heavy (non-hydrogen) atoms. The Morgan fingerprint density at radius 1 is 1.15 bits per heavy atom. The molecule has 2 atom stereocenters. The van der Waals surface area contributed by atoms with Gasteiger partial charge in [-0.2, -0.15) is 5.10 Å². The number of para-hydroxylation sites is 1. The third-order valence-corrected chi connectivity index (χ3v) is 5.66. The predicted octanol–water partition coefficient (Wildman–Crippen LogP) is 2.70. The van der Waals surface area contributed by atoms with E-state index in [9.17, 15) is 5.11 Å². The molecule has 2 aromatic heterocycles. The molecule has 0 amide bonds. The van der Waals surface area contributed by atoms with E-state index in [1.54, 1.807) is 12.1 Å². The summed E-state index contributed by atoms with van der Waals surface area (Å²) in [6.45, 7) is 0.